The van der Waals surface area contributed by atoms with Crippen molar-refractivity contribution >= 4 is 11.8 Å². The number of nitrogens with zero attached hydrogens (tertiary/aromatic N) is 2. The summed E-state index contributed by atoms with van der Waals surface area (Å²) in [6.45, 7) is 10.9. The van der Waals surface area contributed by atoms with Gasteiger partial charge in [0.2, 0.25) is 11.8 Å². The summed E-state index contributed by atoms with van der Waals surface area (Å²) in [4.78, 5) is 28.4. The molecule has 0 bridgehead atoms. The molecule has 148 valence electrons. The van der Waals surface area contributed by atoms with Crippen molar-refractivity contribution < 1.29 is 9.59 Å². The number of piperazine rings is 1. The summed E-state index contributed by atoms with van der Waals surface area (Å²) in [7, 11) is 0. The second kappa shape index (κ2) is 8.42. The van der Waals surface area contributed by atoms with E-state index in [1.807, 2.05) is 11.8 Å². The summed E-state index contributed by atoms with van der Waals surface area (Å²) < 4.78 is 0. The van der Waals surface area contributed by atoms with Crippen molar-refractivity contribution in [1.82, 2.24) is 15.1 Å². The quantitative estimate of drug-likeness (QED) is 0.837. The monoisotopic (exact) mass is 371 g/mol. The van der Waals surface area contributed by atoms with Crippen LogP contribution in [-0.4, -0.2) is 53.3 Å². The molecular weight excluding hydrogens is 338 g/mol. The highest BCUT2D eigenvalue weighted by Crippen LogP contribution is 2.25. The van der Waals surface area contributed by atoms with Gasteiger partial charge in [0, 0.05) is 51.1 Å². The molecular formula is C22H33N3O2. The molecule has 1 aromatic rings. The molecule has 2 fully saturated rings. The van der Waals surface area contributed by atoms with Crippen molar-refractivity contribution in [2.75, 3.05) is 26.2 Å². The molecule has 1 N–H and O–H groups in total. The minimum Gasteiger partial charge on any atom is -0.351 e. The topological polar surface area (TPSA) is 52.7 Å². The number of amides is 2. The molecule has 2 saturated heterocycles. The van der Waals surface area contributed by atoms with Gasteiger partial charge in [0.15, 0.2) is 0 Å². The Hall–Kier alpha value is -1.88. The van der Waals surface area contributed by atoms with Crippen LogP contribution in [0.5, 0.6) is 0 Å². The fourth-order valence-electron chi connectivity index (χ4n) is 4.00. The first-order chi connectivity index (χ1) is 12.8. The van der Waals surface area contributed by atoms with Gasteiger partial charge in [0.25, 0.3) is 0 Å². The maximum absolute atomic E-state index is 12.5. The van der Waals surface area contributed by atoms with Crippen molar-refractivity contribution in [2.24, 2.45) is 0 Å². The van der Waals surface area contributed by atoms with Crippen LogP contribution in [0.3, 0.4) is 0 Å². The molecule has 0 aromatic heterocycles. The highest BCUT2D eigenvalue weighted by Gasteiger charge is 2.33. The predicted octanol–water partition coefficient (Wildman–Crippen LogP) is 2.90. The number of benzene rings is 1. The standard InChI is InChI=1S/C22H33N3O2/c1-17(2)19-6-4-18(5-7-19)16-24-12-14-25(15-13-24)21(27)9-11-22(3)10-8-20(26)23-22/h4-7,17H,8-16H2,1-3H3,(H,23,26)/t22-/m0/s1. The molecule has 1 aromatic carbocycles. The van der Waals surface area contributed by atoms with E-state index in [1.54, 1.807) is 0 Å². The summed E-state index contributed by atoms with van der Waals surface area (Å²) >= 11 is 0. The zero-order valence-corrected chi connectivity index (χ0v) is 17.0. The van der Waals surface area contributed by atoms with Crippen LogP contribution in [0, 0.1) is 0 Å². The lowest BCUT2D eigenvalue weighted by atomic mass is 9.94. The first-order valence-electron chi connectivity index (χ1n) is 10.2. The number of rotatable bonds is 6. The first kappa shape index (κ1) is 19.9. The smallest absolute Gasteiger partial charge is 0.222 e. The maximum Gasteiger partial charge on any atom is 0.222 e. The Morgan fingerprint density at radius 2 is 1.81 bits per heavy atom. The molecule has 5 heteroatoms. The van der Waals surface area contributed by atoms with Gasteiger partial charge in [-0.3, -0.25) is 14.5 Å². The Bertz CT molecular complexity index is 663. The van der Waals surface area contributed by atoms with Crippen molar-refractivity contribution in [1.29, 1.82) is 0 Å². The van der Waals surface area contributed by atoms with Crippen LogP contribution in [0.25, 0.3) is 0 Å². The zero-order chi connectivity index (χ0) is 19.4. The van der Waals surface area contributed by atoms with E-state index in [0.29, 0.717) is 18.8 Å². The molecule has 2 aliphatic rings. The van der Waals surface area contributed by atoms with Crippen molar-refractivity contribution in [3.63, 3.8) is 0 Å². The Morgan fingerprint density at radius 1 is 1.15 bits per heavy atom. The highest BCUT2D eigenvalue weighted by atomic mass is 16.2. The Balaban J connectivity index is 1.41. The van der Waals surface area contributed by atoms with Crippen LogP contribution in [-0.2, 0) is 16.1 Å². The summed E-state index contributed by atoms with van der Waals surface area (Å²) in [6, 6.07) is 8.90. The summed E-state index contributed by atoms with van der Waals surface area (Å²) in [5, 5.41) is 3.02. The molecule has 2 amide bonds. The molecule has 0 unspecified atom stereocenters. The van der Waals surface area contributed by atoms with Gasteiger partial charge in [0.05, 0.1) is 0 Å². The van der Waals surface area contributed by atoms with Crippen LogP contribution >= 0.6 is 0 Å². The molecule has 27 heavy (non-hydrogen) atoms. The van der Waals surface area contributed by atoms with Crippen LogP contribution in [0.1, 0.15) is 63.5 Å². The van der Waals surface area contributed by atoms with E-state index in [1.165, 1.54) is 11.1 Å². The molecule has 2 aliphatic heterocycles. The molecule has 3 rings (SSSR count). The van der Waals surface area contributed by atoms with Gasteiger partial charge in [-0.15, -0.1) is 0 Å². The number of carbonyl (C=O) groups is 2. The van der Waals surface area contributed by atoms with E-state index in [0.717, 1.165) is 45.6 Å². The minimum atomic E-state index is -0.198. The Labute approximate surface area is 163 Å². The number of hydrogen-bond acceptors (Lipinski definition) is 3. The van der Waals surface area contributed by atoms with E-state index >= 15 is 0 Å². The van der Waals surface area contributed by atoms with Crippen molar-refractivity contribution in [2.45, 2.75) is 64.5 Å². The van der Waals surface area contributed by atoms with Crippen LogP contribution < -0.4 is 5.32 Å². The molecule has 0 spiro atoms. The van der Waals surface area contributed by atoms with Crippen LogP contribution in [0.2, 0.25) is 0 Å². The molecule has 2 heterocycles. The number of carbonyl (C=O) groups excluding carboxylic acids is 2. The van der Waals surface area contributed by atoms with Gasteiger partial charge in [0.1, 0.15) is 0 Å². The molecule has 0 aliphatic carbocycles. The normalized spacial score (nSPS) is 23.7. The second-order valence-corrected chi connectivity index (χ2v) is 8.66. The molecule has 1 atom stereocenters. The molecule has 5 nitrogen and oxygen atoms in total. The van der Waals surface area contributed by atoms with Crippen molar-refractivity contribution in [3.05, 3.63) is 35.4 Å². The summed E-state index contributed by atoms with van der Waals surface area (Å²) in [5.41, 5.74) is 2.52. The molecule has 0 radical (unpaired) electrons. The van der Waals surface area contributed by atoms with E-state index in [-0.39, 0.29) is 17.4 Å². The number of nitrogens with one attached hydrogen (secondary N) is 1. The largest absolute Gasteiger partial charge is 0.351 e. The van der Waals surface area contributed by atoms with Crippen LogP contribution in [0.4, 0.5) is 0 Å². The highest BCUT2D eigenvalue weighted by molar-refractivity contribution is 5.80. The van der Waals surface area contributed by atoms with Gasteiger partial charge in [-0.2, -0.15) is 0 Å². The van der Waals surface area contributed by atoms with Crippen molar-refractivity contribution in [3.8, 4) is 0 Å². The molecule has 0 saturated carbocycles. The third-order valence-electron chi connectivity index (χ3n) is 6.01. The van der Waals surface area contributed by atoms with Gasteiger partial charge >= 0.3 is 0 Å². The average molecular weight is 372 g/mol. The Morgan fingerprint density at radius 3 is 2.37 bits per heavy atom. The summed E-state index contributed by atoms with van der Waals surface area (Å²) in [6.07, 6.45) is 2.68. The van der Waals surface area contributed by atoms with Gasteiger partial charge in [-0.05, 0) is 36.8 Å². The Kier molecular flexibility index (Phi) is 6.20. The van der Waals surface area contributed by atoms with Gasteiger partial charge < -0.3 is 10.2 Å². The van der Waals surface area contributed by atoms with Crippen LogP contribution in [0.15, 0.2) is 24.3 Å². The lowest BCUT2D eigenvalue weighted by molar-refractivity contribution is -0.133. The van der Waals surface area contributed by atoms with E-state index in [4.69, 9.17) is 0 Å². The minimum absolute atomic E-state index is 0.111. The zero-order valence-electron chi connectivity index (χ0n) is 17.0. The maximum atomic E-state index is 12.5. The van der Waals surface area contributed by atoms with E-state index in [9.17, 15) is 9.59 Å². The SMILES string of the molecule is CC(C)c1ccc(CN2CCN(C(=O)CC[C@]3(C)CCC(=O)N3)CC2)cc1. The third kappa shape index (κ3) is 5.32. The lowest BCUT2D eigenvalue weighted by Crippen LogP contribution is -2.49. The van der Waals surface area contributed by atoms with Gasteiger partial charge in [-0.1, -0.05) is 38.1 Å². The van der Waals surface area contributed by atoms with Gasteiger partial charge in [-0.25, -0.2) is 0 Å². The summed E-state index contributed by atoms with van der Waals surface area (Å²) in [5.74, 6) is 0.895. The first-order valence-corrected chi connectivity index (χ1v) is 10.2. The fourth-order valence-corrected chi connectivity index (χ4v) is 4.00. The average Bonchev–Trinajstić information content (AvgIpc) is 3.00. The fraction of sp³-hybridized carbons (Fsp3) is 0.636. The van der Waals surface area contributed by atoms with E-state index in [2.05, 4.69) is 48.3 Å². The number of hydrogen-bond donors (Lipinski definition) is 1. The van der Waals surface area contributed by atoms with E-state index < -0.39 is 0 Å². The third-order valence-corrected chi connectivity index (χ3v) is 6.01. The predicted molar refractivity (Wildman–Crippen MR) is 107 cm³/mol. The lowest BCUT2D eigenvalue weighted by Gasteiger charge is -2.35. The second-order valence-electron chi connectivity index (χ2n) is 8.66.